The summed E-state index contributed by atoms with van der Waals surface area (Å²) in [5, 5.41) is 13.9. The van der Waals surface area contributed by atoms with Crippen molar-refractivity contribution in [2.45, 2.75) is 10.8 Å². The Hall–Kier alpha value is -2.93. The van der Waals surface area contributed by atoms with Crippen LogP contribution in [0.3, 0.4) is 0 Å². The third-order valence-corrected chi connectivity index (χ3v) is 4.88. The van der Waals surface area contributed by atoms with E-state index in [4.69, 9.17) is 4.74 Å². The number of benzene rings is 2. The molecule has 0 aliphatic heterocycles. The van der Waals surface area contributed by atoms with Crippen molar-refractivity contribution in [2.24, 2.45) is 0 Å². The van der Waals surface area contributed by atoms with Crippen LogP contribution in [0.25, 0.3) is 17.0 Å². The Kier molecular flexibility index (Phi) is 4.53. The highest BCUT2D eigenvalue weighted by atomic mass is 32.2. The van der Waals surface area contributed by atoms with Gasteiger partial charge in [0, 0.05) is 11.3 Å². The van der Waals surface area contributed by atoms with Crippen LogP contribution >= 0.6 is 11.8 Å². The number of hydrogen-bond acceptors (Lipinski definition) is 5. The van der Waals surface area contributed by atoms with E-state index >= 15 is 0 Å². The highest BCUT2D eigenvalue weighted by Gasteiger charge is 2.10. The molecule has 0 aliphatic carbocycles. The van der Waals surface area contributed by atoms with Crippen molar-refractivity contribution in [3.63, 3.8) is 0 Å². The lowest BCUT2D eigenvalue weighted by atomic mass is 10.2. The van der Waals surface area contributed by atoms with E-state index in [1.54, 1.807) is 35.5 Å². The molecule has 0 bridgehead atoms. The lowest BCUT2D eigenvalue weighted by Gasteiger charge is -2.04. The second-order valence-corrected chi connectivity index (χ2v) is 6.60. The van der Waals surface area contributed by atoms with Crippen molar-refractivity contribution in [2.75, 3.05) is 7.11 Å². The molecule has 4 aromatic rings. The molecule has 26 heavy (non-hydrogen) atoms. The number of nitrogens with zero attached hydrogens (tertiary/aromatic N) is 4. The fraction of sp³-hybridized carbons (Fsp3) is 0.105. The molecule has 0 radical (unpaired) electrons. The minimum atomic E-state index is -0.230. The first-order valence-corrected chi connectivity index (χ1v) is 8.95. The highest BCUT2D eigenvalue weighted by molar-refractivity contribution is 7.98. The second-order valence-electron chi connectivity index (χ2n) is 5.61. The van der Waals surface area contributed by atoms with Gasteiger partial charge in [0.1, 0.15) is 16.6 Å². The third-order valence-electron chi connectivity index (χ3n) is 3.89. The molecule has 5 nitrogen and oxygen atoms in total. The Morgan fingerprint density at radius 1 is 0.962 bits per heavy atom. The number of fused-ring (bicyclic) bond motifs is 1. The highest BCUT2D eigenvalue weighted by Crippen LogP contribution is 2.24. The number of methoxy groups -OCH3 is 1. The molecule has 0 aliphatic rings. The summed E-state index contributed by atoms with van der Waals surface area (Å²) in [6.07, 6.45) is 0. The van der Waals surface area contributed by atoms with E-state index in [0.29, 0.717) is 17.2 Å². The van der Waals surface area contributed by atoms with E-state index < -0.39 is 0 Å². The first-order chi connectivity index (χ1) is 12.7. The smallest absolute Gasteiger partial charge is 0.185 e. The molecule has 0 fully saturated rings. The second kappa shape index (κ2) is 7.13. The Morgan fingerprint density at radius 3 is 2.46 bits per heavy atom. The number of halogens is 1. The van der Waals surface area contributed by atoms with Crippen LogP contribution in [0.1, 0.15) is 5.56 Å². The first-order valence-electron chi connectivity index (χ1n) is 7.97. The van der Waals surface area contributed by atoms with Gasteiger partial charge in [-0.1, -0.05) is 23.9 Å². The molecule has 2 heterocycles. The first kappa shape index (κ1) is 16.5. The predicted molar refractivity (Wildman–Crippen MR) is 98.7 cm³/mol. The van der Waals surface area contributed by atoms with E-state index in [1.165, 1.54) is 12.1 Å². The summed E-state index contributed by atoms with van der Waals surface area (Å²) in [5.74, 6) is 1.93. The van der Waals surface area contributed by atoms with Crippen molar-refractivity contribution in [1.29, 1.82) is 0 Å². The lowest BCUT2D eigenvalue weighted by Crippen LogP contribution is -1.97. The number of ether oxygens (including phenoxy) is 1. The van der Waals surface area contributed by atoms with Gasteiger partial charge in [0.15, 0.2) is 11.5 Å². The minimum absolute atomic E-state index is 0.230. The van der Waals surface area contributed by atoms with Gasteiger partial charge in [0.2, 0.25) is 0 Å². The van der Waals surface area contributed by atoms with E-state index in [0.717, 1.165) is 21.9 Å². The summed E-state index contributed by atoms with van der Waals surface area (Å²) in [6, 6.07) is 17.9. The summed E-state index contributed by atoms with van der Waals surface area (Å²) in [4.78, 5) is 0. The predicted octanol–water partition coefficient (Wildman–Crippen LogP) is 4.23. The lowest BCUT2D eigenvalue weighted by molar-refractivity contribution is 0.415. The van der Waals surface area contributed by atoms with E-state index in [1.807, 2.05) is 36.4 Å². The Balaban J connectivity index is 1.60. The fourth-order valence-corrected chi connectivity index (χ4v) is 3.32. The molecule has 2 aromatic carbocycles. The fourth-order valence-electron chi connectivity index (χ4n) is 2.51. The Labute approximate surface area is 153 Å². The summed E-state index contributed by atoms with van der Waals surface area (Å²) < 4.78 is 19.9. The zero-order chi connectivity index (χ0) is 17.9. The Bertz CT molecular complexity index is 1030. The summed E-state index contributed by atoms with van der Waals surface area (Å²) >= 11 is 1.58. The normalized spacial score (nSPS) is 11.0. The van der Waals surface area contributed by atoms with Crippen LogP contribution in [0.2, 0.25) is 0 Å². The van der Waals surface area contributed by atoms with Gasteiger partial charge in [-0.15, -0.1) is 10.2 Å². The molecule has 0 unspecified atom stereocenters. The van der Waals surface area contributed by atoms with Gasteiger partial charge in [0.25, 0.3) is 0 Å². The molecule has 0 amide bonds. The van der Waals surface area contributed by atoms with E-state index in [2.05, 4.69) is 15.3 Å². The van der Waals surface area contributed by atoms with Crippen molar-refractivity contribution in [3.8, 4) is 17.1 Å². The van der Waals surface area contributed by atoms with Crippen molar-refractivity contribution in [3.05, 3.63) is 72.0 Å². The number of rotatable bonds is 5. The van der Waals surface area contributed by atoms with Crippen LogP contribution < -0.4 is 4.74 Å². The van der Waals surface area contributed by atoms with Gasteiger partial charge in [-0.2, -0.15) is 9.61 Å². The monoisotopic (exact) mass is 366 g/mol. The Morgan fingerprint density at radius 2 is 1.73 bits per heavy atom. The van der Waals surface area contributed by atoms with Crippen LogP contribution in [0.15, 0.2) is 65.7 Å². The van der Waals surface area contributed by atoms with Crippen molar-refractivity contribution < 1.29 is 9.13 Å². The van der Waals surface area contributed by atoms with Gasteiger partial charge < -0.3 is 4.74 Å². The number of thioether (sulfide) groups is 1. The molecule has 0 atom stereocenters. The molecule has 0 spiro atoms. The molecular weight excluding hydrogens is 351 g/mol. The third kappa shape index (κ3) is 3.39. The molecule has 0 N–H and O–H groups in total. The van der Waals surface area contributed by atoms with Crippen molar-refractivity contribution >= 4 is 17.4 Å². The average Bonchev–Trinajstić information content (AvgIpc) is 3.11. The van der Waals surface area contributed by atoms with E-state index in [9.17, 15) is 4.39 Å². The van der Waals surface area contributed by atoms with Crippen LogP contribution in [0.5, 0.6) is 5.75 Å². The van der Waals surface area contributed by atoms with Crippen LogP contribution in [-0.4, -0.2) is 26.9 Å². The van der Waals surface area contributed by atoms with Gasteiger partial charge >= 0.3 is 0 Å². The van der Waals surface area contributed by atoms with Crippen LogP contribution in [0, 0.1) is 5.82 Å². The minimum Gasteiger partial charge on any atom is -0.497 e. The number of hydrogen-bond donors (Lipinski definition) is 0. The van der Waals surface area contributed by atoms with Gasteiger partial charge in [-0.3, -0.25) is 0 Å². The topological polar surface area (TPSA) is 52.3 Å². The van der Waals surface area contributed by atoms with Gasteiger partial charge in [-0.25, -0.2) is 4.39 Å². The molecular formula is C19H15FN4OS. The van der Waals surface area contributed by atoms with Gasteiger partial charge in [0.05, 0.1) is 7.11 Å². The molecule has 0 saturated heterocycles. The maximum Gasteiger partial charge on any atom is 0.185 e. The quantitative estimate of drug-likeness (QED) is 0.495. The maximum absolute atomic E-state index is 13.0. The van der Waals surface area contributed by atoms with Crippen LogP contribution in [0.4, 0.5) is 4.39 Å². The summed E-state index contributed by atoms with van der Waals surface area (Å²) in [6.45, 7) is 0. The molecule has 0 saturated carbocycles. The standard InChI is InChI=1S/C19H15FN4OS/c1-25-16-8-4-14(5-9-16)19-22-21-17-10-11-18(23-24(17)19)26-12-13-2-6-15(20)7-3-13/h2-11H,12H2,1H3. The summed E-state index contributed by atoms with van der Waals surface area (Å²) in [7, 11) is 1.63. The maximum atomic E-state index is 13.0. The van der Waals surface area contributed by atoms with E-state index in [-0.39, 0.29) is 5.82 Å². The number of aromatic nitrogens is 4. The molecule has 4 rings (SSSR count). The zero-order valence-electron chi connectivity index (χ0n) is 14.0. The van der Waals surface area contributed by atoms with Gasteiger partial charge in [-0.05, 0) is 54.1 Å². The average molecular weight is 366 g/mol. The van der Waals surface area contributed by atoms with Crippen molar-refractivity contribution in [1.82, 2.24) is 19.8 Å². The SMILES string of the molecule is COc1ccc(-c2nnc3ccc(SCc4ccc(F)cc4)nn23)cc1. The largest absolute Gasteiger partial charge is 0.497 e. The zero-order valence-corrected chi connectivity index (χ0v) is 14.8. The molecule has 7 heteroatoms. The van der Waals surface area contributed by atoms with Crippen LogP contribution in [-0.2, 0) is 5.75 Å². The molecule has 2 aromatic heterocycles. The summed E-state index contributed by atoms with van der Waals surface area (Å²) in [5.41, 5.74) is 2.63. The molecule has 130 valence electrons.